The van der Waals surface area contributed by atoms with Gasteiger partial charge in [0.2, 0.25) is 11.4 Å². The molecular weight excluding hydrogens is 865 g/mol. The lowest BCUT2D eigenvalue weighted by molar-refractivity contribution is -0.00500. The van der Waals surface area contributed by atoms with Gasteiger partial charge in [-0.2, -0.15) is 0 Å². The summed E-state index contributed by atoms with van der Waals surface area (Å²) in [7, 11) is 0. The molecule has 12 rings (SSSR count). The summed E-state index contributed by atoms with van der Waals surface area (Å²) in [6.07, 6.45) is 10.1. The summed E-state index contributed by atoms with van der Waals surface area (Å²) in [5.41, 5.74) is 15.1. The molecule has 4 aliphatic carbocycles. The van der Waals surface area contributed by atoms with Crippen molar-refractivity contribution in [3.8, 4) is 17.3 Å². The lowest BCUT2D eigenvalue weighted by Gasteiger charge is -2.56. The highest BCUT2D eigenvalue weighted by Gasteiger charge is 2.55. The fraction of sp³-hybridized carbons (Fsp3) is 0.455. The van der Waals surface area contributed by atoms with Crippen molar-refractivity contribution >= 4 is 50.6 Å². The molecular formula is C66H78N4O+2. The summed E-state index contributed by atoms with van der Waals surface area (Å²) in [6, 6.07) is 43.0. The average molecular weight is 943 g/mol. The third-order valence-corrected chi connectivity index (χ3v) is 16.9. The van der Waals surface area contributed by atoms with Crippen LogP contribution in [0.1, 0.15) is 176 Å². The highest BCUT2D eigenvalue weighted by Crippen LogP contribution is 2.63. The van der Waals surface area contributed by atoms with Crippen LogP contribution < -0.4 is 13.9 Å². The summed E-state index contributed by atoms with van der Waals surface area (Å²) in [5.74, 6) is 5.01. The maximum absolute atomic E-state index is 7.02. The van der Waals surface area contributed by atoms with Gasteiger partial charge < -0.3 is 4.74 Å². The fourth-order valence-electron chi connectivity index (χ4n) is 13.3. The van der Waals surface area contributed by atoms with Gasteiger partial charge in [-0.05, 0) is 157 Å². The van der Waals surface area contributed by atoms with E-state index in [-0.39, 0.29) is 32.5 Å². The first-order valence-corrected chi connectivity index (χ1v) is 26.8. The summed E-state index contributed by atoms with van der Waals surface area (Å²) >= 11 is 0. The summed E-state index contributed by atoms with van der Waals surface area (Å²) in [5, 5.41) is 2.48. The third kappa shape index (κ3) is 8.39. The first kappa shape index (κ1) is 47.5. The van der Waals surface area contributed by atoms with Crippen molar-refractivity contribution in [3.63, 3.8) is 0 Å². The van der Waals surface area contributed by atoms with Crippen molar-refractivity contribution in [2.45, 2.75) is 175 Å². The first-order chi connectivity index (χ1) is 33.2. The van der Waals surface area contributed by atoms with E-state index >= 15 is 0 Å². The smallest absolute Gasteiger partial charge is 0.457 e. The van der Waals surface area contributed by atoms with Gasteiger partial charge in [-0.15, -0.1) is 0 Å². The molecule has 5 heteroatoms. The van der Waals surface area contributed by atoms with Crippen LogP contribution in [0.2, 0.25) is 0 Å². The predicted molar refractivity (Wildman–Crippen MR) is 299 cm³/mol. The van der Waals surface area contributed by atoms with Crippen LogP contribution in [0.4, 0.5) is 22.7 Å². The zero-order valence-corrected chi connectivity index (χ0v) is 45.6. The number of pyridine rings is 1. The van der Waals surface area contributed by atoms with E-state index < -0.39 is 0 Å². The molecule has 5 aliphatic rings. The molecule has 0 atom stereocenters. The van der Waals surface area contributed by atoms with E-state index in [0.717, 1.165) is 46.3 Å². The number of benzene rings is 5. The Balaban J connectivity index is 1.07. The number of para-hydroxylation sites is 1. The van der Waals surface area contributed by atoms with Gasteiger partial charge in [-0.3, -0.25) is 4.57 Å². The normalized spacial score (nSPS) is 21.3. The van der Waals surface area contributed by atoms with Crippen molar-refractivity contribution in [1.82, 2.24) is 18.7 Å². The number of aromatic nitrogens is 2. The van der Waals surface area contributed by atoms with E-state index in [1.165, 1.54) is 105 Å². The second kappa shape index (κ2) is 16.1. The van der Waals surface area contributed by atoms with Crippen molar-refractivity contribution < 1.29 is 4.74 Å². The van der Waals surface area contributed by atoms with Gasteiger partial charge in [-0.1, -0.05) is 134 Å². The van der Waals surface area contributed by atoms with Gasteiger partial charge in [-0.25, -0.2) is 4.98 Å². The molecule has 0 N–H and O–H groups in total. The lowest BCUT2D eigenvalue weighted by Crippen LogP contribution is -2.48. The molecule has 0 radical (unpaired) electrons. The second-order valence-corrected chi connectivity index (χ2v) is 27.6. The van der Waals surface area contributed by atoms with Crippen LogP contribution in [0.3, 0.4) is 0 Å². The zero-order valence-electron chi connectivity index (χ0n) is 45.6. The molecule has 4 saturated carbocycles. The predicted octanol–water partition coefficient (Wildman–Crippen LogP) is 17.8. The van der Waals surface area contributed by atoms with Gasteiger partial charge in [0.05, 0.1) is 17.1 Å². The van der Waals surface area contributed by atoms with Gasteiger partial charge in [0, 0.05) is 58.3 Å². The average Bonchev–Trinajstić information content (AvgIpc) is 3.83. The summed E-state index contributed by atoms with van der Waals surface area (Å²) in [4.78, 5) is 5.09. The largest absolute Gasteiger partial charge is 0.503 e. The van der Waals surface area contributed by atoms with Gasteiger partial charge in [0.25, 0.3) is 5.69 Å². The number of rotatable bonds is 6. The molecule has 0 saturated heterocycles. The number of hydrogen-bond acceptors (Lipinski definition) is 2. The monoisotopic (exact) mass is 943 g/mol. The van der Waals surface area contributed by atoms with Crippen molar-refractivity contribution in [1.29, 1.82) is 0 Å². The molecule has 0 unspecified atom stereocenters. The van der Waals surface area contributed by atoms with E-state index in [1.54, 1.807) is 0 Å². The fourth-order valence-corrected chi connectivity index (χ4v) is 13.3. The van der Waals surface area contributed by atoms with Gasteiger partial charge in [0.15, 0.2) is 0 Å². The van der Waals surface area contributed by atoms with E-state index in [2.05, 4.69) is 227 Å². The Morgan fingerprint density at radius 3 is 1.73 bits per heavy atom. The topological polar surface area (TPSA) is 33.1 Å². The maximum atomic E-state index is 7.02. The molecule has 71 heavy (non-hydrogen) atoms. The highest BCUT2D eigenvalue weighted by molar-refractivity contribution is 6.12. The number of ether oxygens (including phenoxy) is 1. The molecule has 0 amide bonds. The van der Waals surface area contributed by atoms with Gasteiger partial charge >= 0.3 is 11.7 Å². The van der Waals surface area contributed by atoms with Crippen LogP contribution in [0, 0.1) is 17.8 Å². The lowest BCUT2D eigenvalue weighted by atomic mass is 9.48. The molecule has 4 bridgehead atoms. The molecule has 2 aromatic heterocycles. The number of fused-ring (bicyclic) bond motifs is 4. The molecule has 7 aromatic rings. The van der Waals surface area contributed by atoms with Crippen LogP contribution in [-0.2, 0) is 32.5 Å². The van der Waals surface area contributed by atoms with Crippen molar-refractivity contribution in [3.05, 3.63) is 143 Å². The minimum atomic E-state index is -0.0903. The Hall–Kier alpha value is -5.77. The number of hydrogen-bond donors (Lipinski definition) is 0. The maximum Gasteiger partial charge on any atom is 0.503 e. The minimum absolute atomic E-state index is 0.0159. The molecule has 5 aromatic carbocycles. The Bertz CT molecular complexity index is 3300. The summed E-state index contributed by atoms with van der Waals surface area (Å²) < 4.78 is 14.1. The molecule has 3 heterocycles. The standard InChI is InChI=1S/C66H78N4O/c1-61(2,3)44-24-25-67-58(34-44)70-56-36-51(22-23-52(56)59-54(65(13,14)15)32-47(33-57(59)70)64(10,11)12)71-50-19-16-18-48(35-50)68-40-69(49-30-45(62(4,5)6)29-46(31-49)63(7,8)9)60-53(20-17-21-55(60)68)66-37-41-26-42(38-66)28-43(27-41)39-66/h16-25,29-36,41-43H,26-28,37-39H2,1-15H3/q+2. The Morgan fingerprint density at radius 1 is 0.535 bits per heavy atom. The van der Waals surface area contributed by atoms with Crippen LogP contribution in [0.15, 0.2) is 109 Å². The molecule has 0 spiro atoms. The zero-order chi connectivity index (χ0) is 50.4. The van der Waals surface area contributed by atoms with E-state index in [9.17, 15) is 0 Å². The SMILES string of the molecule is CC(C)(C)c1cc([N+]2=C=[N+](c3cccc(Oc4ccc5c6c(C(C)(C)C)cc(C(C)(C)C)cc6n(-c6cc(C(C)(C)C)ccn6)c5c4)c3)c3cccc(C45CC6CC(CC(C6)C4)C5)c32)cc(C(C)(C)C)c1. The molecule has 5 nitrogen and oxygen atoms in total. The highest BCUT2D eigenvalue weighted by atomic mass is 16.5. The Morgan fingerprint density at radius 2 is 1.13 bits per heavy atom. The second-order valence-electron chi connectivity index (χ2n) is 27.6. The Kier molecular flexibility index (Phi) is 10.8. The first-order valence-electron chi connectivity index (χ1n) is 26.8. The van der Waals surface area contributed by atoms with Crippen molar-refractivity contribution in [2.75, 3.05) is 0 Å². The molecule has 4 fully saturated rings. The van der Waals surface area contributed by atoms with E-state index in [4.69, 9.17) is 9.72 Å². The molecule has 366 valence electrons. The minimum Gasteiger partial charge on any atom is -0.457 e. The van der Waals surface area contributed by atoms with Crippen LogP contribution in [-0.4, -0.2) is 15.6 Å². The number of nitrogens with zero attached hydrogens (tertiary/aromatic N) is 4. The summed E-state index contributed by atoms with van der Waals surface area (Å²) in [6.45, 7) is 34.8. The Labute approximate surface area is 424 Å². The quantitative estimate of drug-likeness (QED) is 0.156. The van der Waals surface area contributed by atoms with Crippen molar-refractivity contribution in [2.24, 2.45) is 17.8 Å². The third-order valence-electron chi connectivity index (χ3n) is 16.9. The molecule has 1 aliphatic heterocycles. The van der Waals surface area contributed by atoms with Crippen LogP contribution in [0.25, 0.3) is 27.6 Å². The van der Waals surface area contributed by atoms with E-state index in [1.807, 2.05) is 6.20 Å². The van der Waals surface area contributed by atoms with Gasteiger partial charge in [0.1, 0.15) is 17.3 Å². The van der Waals surface area contributed by atoms with E-state index in [0.29, 0.717) is 0 Å². The van der Waals surface area contributed by atoms with Crippen LogP contribution >= 0.6 is 0 Å². The van der Waals surface area contributed by atoms with Crippen LogP contribution in [0.5, 0.6) is 11.5 Å².